The normalized spacial score (nSPS) is 21.8. The topological polar surface area (TPSA) is 24.1 Å². The molecule has 0 amide bonds. The Hall–Kier alpha value is -1.26. The fourth-order valence-electron chi connectivity index (χ4n) is 3.66. The Kier molecular flexibility index (Phi) is 4.68. The summed E-state index contributed by atoms with van der Waals surface area (Å²) in [6.45, 7) is 5.29. The molecule has 1 atom stereocenters. The van der Waals surface area contributed by atoms with Crippen molar-refractivity contribution in [2.75, 3.05) is 19.6 Å². The minimum Gasteiger partial charge on any atom is -0.314 e. The van der Waals surface area contributed by atoms with E-state index in [4.69, 9.17) is 11.6 Å². The van der Waals surface area contributed by atoms with Gasteiger partial charge >= 0.3 is 0 Å². The van der Waals surface area contributed by atoms with Crippen LogP contribution in [-0.2, 0) is 0 Å². The summed E-state index contributed by atoms with van der Waals surface area (Å²) in [6, 6.07) is 15.4. The summed E-state index contributed by atoms with van der Waals surface area (Å²) in [6.07, 6.45) is 1.03. The third-order valence-electron chi connectivity index (χ3n) is 4.75. The van der Waals surface area contributed by atoms with E-state index >= 15 is 0 Å². The lowest BCUT2D eigenvalue weighted by Crippen LogP contribution is -2.49. The van der Waals surface area contributed by atoms with Crippen molar-refractivity contribution in [3.8, 4) is 0 Å². The predicted molar refractivity (Wildman–Crippen MR) is 103 cm³/mol. The van der Waals surface area contributed by atoms with E-state index in [1.807, 2.05) is 17.8 Å². The van der Waals surface area contributed by atoms with Gasteiger partial charge in [0.25, 0.3) is 0 Å². The van der Waals surface area contributed by atoms with Gasteiger partial charge in [0.2, 0.25) is 0 Å². The van der Waals surface area contributed by atoms with Crippen molar-refractivity contribution >= 4 is 28.9 Å². The second-order valence-electron chi connectivity index (χ2n) is 6.20. The first-order chi connectivity index (χ1) is 11.8. The first-order valence-corrected chi connectivity index (χ1v) is 9.71. The highest BCUT2D eigenvalue weighted by Crippen LogP contribution is 2.47. The van der Waals surface area contributed by atoms with Crippen LogP contribution in [0, 0.1) is 0 Å². The first kappa shape index (κ1) is 16.2. The molecule has 1 unspecified atom stereocenters. The van der Waals surface area contributed by atoms with Gasteiger partial charge in [-0.25, -0.2) is 0 Å². The molecule has 0 aromatic heterocycles. The molecule has 0 bridgehead atoms. The van der Waals surface area contributed by atoms with Crippen molar-refractivity contribution in [2.45, 2.75) is 29.2 Å². The van der Waals surface area contributed by atoms with Gasteiger partial charge in [-0.05, 0) is 53.0 Å². The Labute approximate surface area is 152 Å². The Morgan fingerprint density at radius 1 is 1.12 bits per heavy atom. The van der Waals surface area contributed by atoms with Gasteiger partial charge in [0.1, 0.15) is 0 Å². The van der Waals surface area contributed by atoms with Crippen molar-refractivity contribution < 1.29 is 0 Å². The zero-order valence-corrected chi connectivity index (χ0v) is 15.3. The number of nitrogens with one attached hydrogen (secondary N) is 2. The molecule has 2 aromatic carbocycles. The van der Waals surface area contributed by atoms with Gasteiger partial charge in [-0.1, -0.05) is 48.5 Å². The average Bonchev–Trinajstić information content (AvgIpc) is 2.63. The zero-order chi connectivity index (χ0) is 16.5. The summed E-state index contributed by atoms with van der Waals surface area (Å²) in [7, 11) is 0. The number of hydrogen-bond donors (Lipinski definition) is 2. The van der Waals surface area contributed by atoms with Crippen LogP contribution < -0.4 is 10.6 Å². The minimum absolute atomic E-state index is 0.377. The molecule has 4 rings (SSSR count). The largest absolute Gasteiger partial charge is 0.314 e. The van der Waals surface area contributed by atoms with Crippen LogP contribution in [0.2, 0.25) is 5.02 Å². The number of hydrogen-bond acceptors (Lipinski definition) is 3. The average molecular weight is 357 g/mol. The van der Waals surface area contributed by atoms with Crippen LogP contribution in [0.4, 0.5) is 0 Å². The van der Waals surface area contributed by atoms with Crippen LogP contribution in [0.15, 0.2) is 57.8 Å². The van der Waals surface area contributed by atoms with Gasteiger partial charge < -0.3 is 10.6 Å². The van der Waals surface area contributed by atoms with Crippen LogP contribution in [-0.4, -0.2) is 25.7 Å². The van der Waals surface area contributed by atoms with Gasteiger partial charge in [0.05, 0.1) is 0 Å². The van der Waals surface area contributed by atoms with Crippen LogP contribution >= 0.6 is 23.4 Å². The monoisotopic (exact) mass is 356 g/mol. The van der Waals surface area contributed by atoms with Crippen molar-refractivity contribution in [1.29, 1.82) is 0 Å². The van der Waals surface area contributed by atoms with E-state index < -0.39 is 0 Å². The number of halogens is 1. The summed E-state index contributed by atoms with van der Waals surface area (Å²) in [5.41, 5.74) is 5.45. The third-order valence-corrected chi connectivity index (χ3v) is 6.14. The standard InChI is InChI=1S/C20H21ClN2S/c1-2-14(17-12-22-9-10-23-17)20-15-5-3-4-6-18(15)24-19-8-7-13(21)11-16(19)20/h3-8,11,17,22-23H,2,9-10,12H2,1H3/b20-14+. The molecule has 4 heteroatoms. The molecule has 2 N–H and O–H groups in total. The number of rotatable bonds is 2. The SMILES string of the molecule is CC/C(=C1/c2ccccc2Sc2ccc(Cl)cc21)C1CNCCN1. The summed E-state index contributed by atoms with van der Waals surface area (Å²) in [4.78, 5) is 2.62. The number of piperazine rings is 1. The molecule has 1 fully saturated rings. The quantitative estimate of drug-likeness (QED) is 0.703. The highest BCUT2D eigenvalue weighted by Gasteiger charge is 2.27. The molecule has 2 aliphatic heterocycles. The fourth-order valence-corrected chi connectivity index (χ4v) is 4.90. The van der Waals surface area contributed by atoms with E-state index in [1.54, 1.807) is 0 Å². The van der Waals surface area contributed by atoms with Gasteiger partial charge in [-0.2, -0.15) is 0 Å². The summed E-state index contributed by atoms with van der Waals surface area (Å²) in [5.74, 6) is 0. The molecule has 1 saturated heterocycles. The first-order valence-electron chi connectivity index (χ1n) is 8.52. The fraction of sp³-hybridized carbons (Fsp3) is 0.300. The Bertz CT molecular complexity index is 794. The summed E-state index contributed by atoms with van der Waals surface area (Å²) >= 11 is 8.18. The molecule has 24 heavy (non-hydrogen) atoms. The Morgan fingerprint density at radius 2 is 1.96 bits per heavy atom. The molecule has 2 nitrogen and oxygen atoms in total. The molecule has 2 aliphatic rings. The van der Waals surface area contributed by atoms with Crippen molar-refractivity contribution in [2.24, 2.45) is 0 Å². The highest BCUT2D eigenvalue weighted by molar-refractivity contribution is 7.99. The van der Waals surface area contributed by atoms with E-state index in [2.05, 4.69) is 54.0 Å². The number of fused-ring (bicyclic) bond motifs is 2. The molecular weight excluding hydrogens is 336 g/mol. The molecule has 0 spiro atoms. The van der Waals surface area contributed by atoms with Crippen LogP contribution in [0.1, 0.15) is 24.5 Å². The molecule has 0 radical (unpaired) electrons. The van der Waals surface area contributed by atoms with Crippen molar-refractivity contribution in [3.63, 3.8) is 0 Å². The van der Waals surface area contributed by atoms with Crippen LogP contribution in [0.3, 0.4) is 0 Å². The van der Waals surface area contributed by atoms with E-state index in [0.29, 0.717) is 6.04 Å². The van der Waals surface area contributed by atoms with Gasteiger partial charge in [0, 0.05) is 40.5 Å². The molecule has 2 heterocycles. The lowest BCUT2D eigenvalue weighted by atomic mass is 9.87. The summed E-state index contributed by atoms with van der Waals surface area (Å²) in [5, 5.41) is 8.01. The zero-order valence-electron chi connectivity index (χ0n) is 13.7. The lowest BCUT2D eigenvalue weighted by molar-refractivity contribution is 0.452. The number of benzene rings is 2. The Morgan fingerprint density at radius 3 is 2.75 bits per heavy atom. The molecule has 0 aliphatic carbocycles. The maximum Gasteiger partial charge on any atom is 0.0415 e. The van der Waals surface area contributed by atoms with Gasteiger partial charge in [0.15, 0.2) is 0 Å². The van der Waals surface area contributed by atoms with E-state index in [9.17, 15) is 0 Å². The van der Waals surface area contributed by atoms with Crippen LogP contribution in [0.25, 0.3) is 5.57 Å². The van der Waals surface area contributed by atoms with Crippen LogP contribution in [0.5, 0.6) is 0 Å². The van der Waals surface area contributed by atoms with E-state index in [-0.39, 0.29) is 0 Å². The maximum atomic E-state index is 6.34. The van der Waals surface area contributed by atoms with E-state index in [0.717, 1.165) is 31.1 Å². The molecule has 2 aromatic rings. The molecule has 124 valence electrons. The van der Waals surface area contributed by atoms with Crippen molar-refractivity contribution in [1.82, 2.24) is 10.6 Å². The Balaban J connectivity index is 1.95. The molecule has 0 saturated carbocycles. The van der Waals surface area contributed by atoms with Gasteiger partial charge in [-0.15, -0.1) is 0 Å². The smallest absolute Gasteiger partial charge is 0.0415 e. The second kappa shape index (κ2) is 6.93. The lowest BCUT2D eigenvalue weighted by Gasteiger charge is -2.31. The van der Waals surface area contributed by atoms with E-state index in [1.165, 1.54) is 32.1 Å². The maximum absolute atomic E-state index is 6.34. The third kappa shape index (κ3) is 2.91. The van der Waals surface area contributed by atoms with Crippen molar-refractivity contribution in [3.05, 3.63) is 64.2 Å². The predicted octanol–water partition coefficient (Wildman–Crippen LogP) is 4.58. The molecular formula is C20H21ClN2S. The summed E-state index contributed by atoms with van der Waals surface area (Å²) < 4.78 is 0. The minimum atomic E-state index is 0.377. The van der Waals surface area contributed by atoms with Gasteiger partial charge in [-0.3, -0.25) is 0 Å². The highest BCUT2D eigenvalue weighted by atomic mass is 35.5. The second-order valence-corrected chi connectivity index (χ2v) is 7.72.